The summed E-state index contributed by atoms with van der Waals surface area (Å²) in [6, 6.07) is 5.60. The Labute approximate surface area is 155 Å². The van der Waals surface area contributed by atoms with E-state index in [1.54, 1.807) is 0 Å². The van der Waals surface area contributed by atoms with Gasteiger partial charge in [-0.05, 0) is 35.9 Å². The van der Waals surface area contributed by atoms with Crippen LogP contribution in [0.1, 0.15) is 11.6 Å². The molecule has 0 aromatic heterocycles. The van der Waals surface area contributed by atoms with Gasteiger partial charge in [0.05, 0.1) is 0 Å². The van der Waals surface area contributed by atoms with Crippen LogP contribution in [0.15, 0.2) is 40.9 Å². The number of ether oxygens (including phenoxy) is 1. The summed E-state index contributed by atoms with van der Waals surface area (Å²) >= 11 is 3.09. The minimum atomic E-state index is -1.26. The third-order valence-electron chi connectivity index (χ3n) is 3.34. The number of halogens is 4. The maximum Gasteiger partial charge on any atom is 0.258 e. The van der Waals surface area contributed by atoms with Crippen molar-refractivity contribution in [3.8, 4) is 5.75 Å². The third kappa shape index (κ3) is 4.98. The molecule has 9 heteroatoms. The summed E-state index contributed by atoms with van der Waals surface area (Å²) in [5, 5.41) is 4.65. The van der Waals surface area contributed by atoms with E-state index in [1.165, 1.54) is 31.3 Å². The van der Waals surface area contributed by atoms with Crippen molar-refractivity contribution < 1.29 is 27.5 Å². The zero-order valence-corrected chi connectivity index (χ0v) is 15.1. The van der Waals surface area contributed by atoms with Crippen molar-refractivity contribution >= 4 is 27.7 Å². The molecule has 2 aromatic carbocycles. The van der Waals surface area contributed by atoms with Gasteiger partial charge in [-0.15, -0.1) is 0 Å². The number of amides is 2. The quantitative estimate of drug-likeness (QED) is 0.740. The van der Waals surface area contributed by atoms with Gasteiger partial charge in [-0.3, -0.25) is 9.59 Å². The average Bonchev–Trinajstić information content (AvgIpc) is 2.60. The van der Waals surface area contributed by atoms with Gasteiger partial charge in [0.25, 0.3) is 5.91 Å². The van der Waals surface area contributed by atoms with Crippen LogP contribution in [-0.2, 0) is 9.59 Å². The van der Waals surface area contributed by atoms with E-state index in [0.717, 1.165) is 12.1 Å². The summed E-state index contributed by atoms with van der Waals surface area (Å²) in [7, 11) is 1.33. The molecular formula is C17H14BrF3N2O3. The van der Waals surface area contributed by atoms with Crippen molar-refractivity contribution in [1.29, 1.82) is 0 Å². The van der Waals surface area contributed by atoms with Gasteiger partial charge < -0.3 is 15.4 Å². The molecule has 0 bridgehead atoms. The number of benzene rings is 2. The highest BCUT2D eigenvalue weighted by atomic mass is 79.9. The molecule has 0 spiro atoms. The highest BCUT2D eigenvalue weighted by Gasteiger charge is 2.23. The molecule has 0 aliphatic rings. The van der Waals surface area contributed by atoms with Crippen LogP contribution in [0.4, 0.5) is 13.2 Å². The molecule has 0 fully saturated rings. The van der Waals surface area contributed by atoms with Gasteiger partial charge in [0.15, 0.2) is 29.8 Å². The van der Waals surface area contributed by atoms with Crippen molar-refractivity contribution in [3.05, 3.63) is 63.9 Å². The maximum absolute atomic E-state index is 13.7. The fraction of sp³-hybridized carbons (Fsp3) is 0.176. The average molecular weight is 431 g/mol. The minimum Gasteiger partial charge on any atom is -0.481 e. The number of nitrogens with one attached hydrogen (secondary N) is 2. The Morgan fingerprint density at radius 3 is 2.42 bits per heavy atom. The van der Waals surface area contributed by atoms with E-state index in [2.05, 4.69) is 26.6 Å². The van der Waals surface area contributed by atoms with E-state index in [4.69, 9.17) is 4.74 Å². The largest absolute Gasteiger partial charge is 0.481 e. The van der Waals surface area contributed by atoms with E-state index in [1.807, 2.05) is 0 Å². The lowest BCUT2D eigenvalue weighted by Crippen LogP contribution is -2.41. The number of hydrogen-bond donors (Lipinski definition) is 2. The lowest BCUT2D eigenvalue weighted by molar-refractivity contribution is -0.130. The first-order valence-electron chi connectivity index (χ1n) is 7.35. The number of carbonyl (C=O) groups excluding carboxylic acids is 2. The second kappa shape index (κ2) is 8.70. The van der Waals surface area contributed by atoms with Crippen LogP contribution in [0.2, 0.25) is 0 Å². The zero-order chi connectivity index (χ0) is 19.3. The molecule has 26 heavy (non-hydrogen) atoms. The van der Waals surface area contributed by atoms with Gasteiger partial charge in [-0.2, -0.15) is 0 Å². The van der Waals surface area contributed by atoms with Crippen molar-refractivity contribution in [1.82, 2.24) is 10.6 Å². The highest BCUT2D eigenvalue weighted by Crippen LogP contribution is 2.21. The van der Waals surface area contributed by atoms with Crippen LogP contribution in [-0.4, -0.2) is 25.5 Å². The molecule has 2 rings (SSSR count). The molecule has 1 atom stereocenters. The van der Waals surface area contributed by atoms with E-state index in [0.29, 0.717) is 4.47 Å². The molecule has 2 N–H and O–H groups in total. The summed E-state index contributed by atoms with van der Waals surface area (Å²) in [6.45, 7) is -0.574. The molecule has 0 heterocycles. The molecule has 0 saturated heterocycles. The first kappa shape index (κ1) is 19.8. The Hall–Kier alpha value is -2.55. The normalized spacial score (nSPS) is 11.6. The van der Waals surface area contributed by atoms with Gasteiger partial charge in [-0.25, -0.2) is 13.2 Å². The second-order valence-corrected chi connectivity index (χ2v) is 6.07. The van der Waals surface area contributed by atoms with Gasteiger partial charge in [0, 0.05) is 11.5 Å². The third-order valence-corrected chi connectivity index (χ3v) is 3.84. The summed E-state index contributed by atoms with van der Waals surface area (Å²) < 4.78 is 45.7. The summed E-state index contributed by atoms with van der Waals surface area (Å²) in [4.78, 5) is 24.0. The van der Waals surface area contributed by atoms with Crippen molar-refractivity contribution in [2.45, 2.75) is 6.04 Å². The molecule has 1 unspecified atom stereocenters. The Morgan fingerprint density at radius 2 is 1.81 bits per heavy atom. The van der Waals surface area contributed by atoms with Crippen molar-refractivity contribution in [2.75, 3.05) is 13.7 Å². The molecule has 0 radical (unpaired) electrons. The van der Waals surface area contributed by atoms with Crippen LogP contribution >= 0.6 is 15.9 Å². The fourth-order valence-corrected chi connectivity index (χ4v) is 2.41. The highest BCUT2D eigenvalue weighted by molar-refractivity contribution is 9.10. The minimum absolute atomic E-state index is 0.0476. The Bertz CT molecular complexity index is 833. The summed E-state index contributed by atoms with van der Waals surface area (Å²) in [5.74, 6) is -4.43. The Morgan fingerprint density at radius 1 is 1.08 bits per heavy atom. The number of carbonyl (C=O) groups is 2. The van der Waals surface area contributed by atoms with Crippen LogP contribution in [0.25, 0.3) is 0 Å². The van der Waals surface area contributed by atoms with E-state index in [-0.39, 0.29) is 11.3 Å². The molecule has 0 saturated carbocycles. The van der Waals surface area contributed by atoms with E-state index < -0.39 is 41.9 Å². The van der Waals surface area contributed by atoms with Crippen molar-refractivity contribution in [2.24, 2.45) is 0 Å². The van der Waals surface area contributed by atoms with Crippen LogP contribution in [0.3, 0.4) is 0 Å². The van der Waals surface area contributed by atoms with E-state index >= 15 is 0 Å². The summed E-state index contributed by atoms with van der Waals surface area (Å²) in [5.41, 5.74) is 0.0476. The standard InChI is InChI=1S/C17H14BrF3N2O3/c1-22-17(25)16(9-2-4-11(19)12(20)6-9)23-15(24)8-26-14-5-3-10(18)7-13(14)21/h2-7,16H,8H2,1H3,(H,22,25)(H,23,24). The maximum atomic E-state index is 13.7. The van der Waals surface area contributed by atoms with Gasteiger partial charge >= 0.3 is 0 Å². The molecule has 0 aliphatic carbocycles. The zero-order valence-electron chi connectivity index (χ0n) is 13.5. The topological polar surface area (TPSA) is 67.4 Å². The van der Waals surface area contributed by atoms with Gasteiger partial charge in [0.2, 0.25) is 5.91 Å². The van der Waals surface area contributed by atoms with Crippen LogP contribution in [0, 0.1) is 17.5 Å². The molecule has 2 aromatic rings. The van der Waals surface area contributed by atoms with Gasteiger partial charge in [0.1, 0.15) is 6.04 Å². The molecule has 5 nitrogen and oxygen atoms in total. The monoisotopic (exact) mass is 430 g/mol. The Kier molecular flexibility index (Phi) is 6.62. The SMILES string of the molecule is CNC(=O)C(NC(=O)COc1ccc(Br)cc1F)c1ccc(F)c(F)c1. The van der Waals surface area contributed by atoms with E-state index in [9.17, 15) is 22.8 Å². The molecule has 138 valence electrons. The van der Waals surface area contributed by atoms with Crippen molar-refractivity contribution in [3.63, 3.8) is 0 Å². The predicted octanol–water partition coefficient (Wildman–Crippen LogP) is 2.85. The lowest BCUT2D eigenvalue weighted by Gasteiger charge is -2.18. The fourth-order valence-electron chi connectivity index (χ4n) is 2.07. The predicted molar refractivity (Wildman–Crippen MR) is 90.9 cm³/mol. The number of hydrogen-bond acceptors (Lipinski definition) is 3. The summed E-state index contributed by atoms with van der Waals surface area (Å²) in [6.07, 6.45) is 0. The Balaban J connectivity index is 2.08. The first-order valence-corrected chi connectivity index (χ1v) is 8.15. The number of likely N-dealkylation sites (N-methyl/N-ethyl adjacent to an activating group) is 1. The van der Waals surface area contributed by atoms with Crippen LogP contribution in [0.5, 0.6) is 5.75 Å². The second-order valence-electron chi connectivity index (χ2n) is 5.15. The van der Waals surface area contributed by atoms with Gasteiger partial charge in [-0.1, -0.05) is 22.0 Å². The molecular weight excluding hydrogens is 417 g/mol. The number of rotatable bonds is 6. The van der Waals surface area contributed by atoms with Crippen LogP contribution < -0.4 is 15.4 Å². The molecule has 0 aliphatic heterocycles. The first-order chi connectivity index (χ1) is 12.3. The smallest absolute Gasteiger partial charge is 0.258 e. The lowest BCUT2D eigenvalue weighted by atomic mass is 10.1. The molecule has 2 amide bonds.